The van der Waals surface area contributed by atoms with E-state index < -0.39 is 0 Å². The van der Waals surface area contributed by atoms with Gasteiger partial charge in [0.05, 0.1) is 26.8 Å². The van der Waals surface area contributed by atoms with Crippen molar-refractivity contribution >= 4 is 45.9 Å². The van der Waals surface area contributed by atoms with Gasteiger partial charge in [0.15, 0.2) is 0 Å². The Morgan fingerprint density at radius 2 is 1.84 bits per heavy atom. The second-order valence-corrected chi connectivity index (χ2v) is 4.78. The van der Waals surface area contributed by atoms with Crippen LogP contribution in [0.25, 0.3) is 11.0 Å². The highest BCUT2D eigenvalue weighted by atomic mass is 35.5. The highest BCUT2D eigenvalue weighted by molar-refractivity contribution is 6.39. The minimum atomic E-state index is -0.332. The summed E-state index contributed by atoms with van der Waals surface area (Å²) in [6.45, 7) is 0. The highest BCUT2D eigenvalue weighted by Crippen LogP contribution is 2.32. The Labute approximate surface area is 118 Å². The zero-order chi connectivity index (χ0) is 13.4. The Hall–Kier alpha value is -1.78. The Bertz CT molecular complexity index is 734. The largest absolute Gasteiger partial charge is 0.324 e. The van der Waals surface area contributed by atoms with Gasteiger partial charge in [-0.15, -0.1) is 0 Å². The summed E-state index contributed by atoms with van der Waals surface area (Å²) in [6, 6.07) is 9.54. The fourth-order valence-electron chi connectivity index (χ4n) is 1.77. The molecule has 0 amide bonds. The van der Waals surface area contributed by atoms with Crippen LogP contribution >= 0.6 is 23.2 Å². The smallest absolute Gasteiger partial charge is 0.205 e. The van der Waals surface area contributed by atoms with Gasteiger partial charge in [-0.05, 0) is 24.3 Å². The number of H-pyrrole nitrogens is 1. The fourth-order valence-corrected chi connectivity index (χ4v) is 2.27. The molecule has 0 fully saturated rings. The number of anilines is 2. The molecule has 1 aromatic heterocycles. The number of aromatic nitrogens is 2. The van der Waals surface area contributed by atoms with Crippen LogP contribution in [0.1, 0.15) is 0 Å². The third-order valence-electron chi connectivity index (χ3n) is 2.65. The van der Waals surface area contributed by atoms with E-state index >= 15 is 0 Å². The first kappa shape index (κ1) is 12.3. The SMILES string of the molecule is Fc1ccc2[nH]c(Nc3c(Cl)cccc3Cl)nc2c1. The fraction of sp³-hybridized carbons (Fsp3) is 0. The summed E-state index contributed by atoms with van der Waals surface area (Å²) in [5.41, 5.74) is 1.82. The predicted octanol–water partition coefficient (Wildman–Crippen LogP) is 4.75. The number of imidazole rings is 1. The molecule has 3 nitrogen and oxygen atoms in total. The van der Waals surface area contributed by atoms with Crippen molar-refractivity contribution in [2.75, 3.05) is 5.32 Å². The van der Waals surface area contributed by atoms with Crippen molar-refractivity contribution in [2.24, 2.45) is 0 Å². The molecule has 0 atom stereocenters. The summed E-state index contributed by atoms with van der Waals surface area (Å²) in [5, 5.41) is 3.97. The minimum absolute atomic E-state index is 0.332. The van der Waals surface area contributed by atoms with Crippen LogP contribution < -0.4 is 5.32 Å². The van der Waals surface area contributed by atoms with Gasteiger partial charge < -0.3 is 10.3 Å². The molecule has 6 heteroatoms. The minimum Gasteiger partial charge on any atom is -0.324 e. The maximum atomic E-state index is 13.1. The zero-order valence-electron chi connectivity index (χ0n) is 9.55. The molecule has 0 spiro atoms. The predicted molar refractivity (Wildman–Crippen MR) is 75.8 cm³/mol. The van der Waals surface area contributed by atoms with Gasteiger partial charge in [0.2, 0.25) is 5.95 Å². The number of rotatable bonds is 2. The monoisotopic (exact) mass is 295 g/mol. The van der Waals surface area contributed by atoms with Crippen LogP contribution in [0.4, 0.5) is 16.0 Å². The van der Waals surface area contributed by atoms with Gasteiger partial charge >= 0.3 is 0 Å². The van der Waals surface area contributed by atoms with E-state index in [9.17, 15) is 4.39 Å². The summed E-state index contributed by atoms with van der Waals surface area (Å²) < 4.78 is 13.1. The molecule has 2 aromatic carbocycles. The number of hydrogen-bond acceptors (Lipinski definition) is 2. The number of fused-ring (bicyclic) bond motifs is 1. The maximum absolute atomic E-state index is 13.1. The van der Waals surface area contributed by atoms with E-state index in [-0.39, 0.29) is 5.82 Å². The van der Waals surface area contributed by atoms with Gasteiger partial charge in [-0.2, -0.15) is 0 Å². The highest BCUT2D eigenvalue weighted by Gasteiger charge is 2.09. The molecule has 3 rings (SSSR count). The average Bonchev–Trinajstić information content (AvgIpc) is 2.75. The summed E-state index contributed by atoms with van der Waals surface area (Å²) in [4.78, 5) is 7.25. The molecule has 0 saturated carbocycles. The molecular formula is C13H8Cl2FN3. The van der Waals surface area contributed by atoms with Crippen LogP contribution in [0.5, 0.6) is 0 Å². The standard InChI is InChI=1S/C13H8Cl2FN3/c14-8-2-1-3-9(15)12(8)19-13-17-10-5-4-7(16)6-11(10)18-13/h1-6H,(H2,17,18,19). The lowest BCUT2D eigenvalue weighted by Crippen LogP contribution is -1.93. The van der Waals surface area contributed by atoms with Crippen molar-refractivity contribution in [1.82, 2.24) is 9.97 Å². The van der Waals surface area contributed by atoms with Gasteiger partial charge in [-0.25, -0.2) is 9.37 Å². The molecular weight excluding hydrogens is 288 g/mol. The molecule has 0 aliphatic carbocycles. The topological polar surface area (TPSA) is 40.7 Å². The van der Waals surface area contributed by atoms with Gasteiger partial charge in [0, 0.05) is 6.07 Å². The van der Waals surface area contributed by atoms with E-state index in [1.807, 2.05) is 0 Å². The summed E-state index contributed by atoms with van der Waals surface area (Å²) >= 11 is 12.1. The number of para-hydroxylation sites is 1. The number of halogens is 3. The quantitative estimate of drug-likeness (QED) is 0.716. The van der Waals surface area contributed by atoms with Crippen LogP contribution in [-0.4, -0.2) is 9.97 Å². The Morgan fingerprint density at radius 3 is 2.58 bits per heavy atom. The van der Waals surface area contributed by atoms with E-state index in [2.05, 4.69) is 15.3 Å². The number of nitrogens with zero attached hydrogens (tertiary/aromatic N) is 1. The molecule has 0 aliphatic heterocycles. The zero-order valence-corrected chi connectivity index (χ0v) is 11.1. The van der Waals surface area contributed by atoms with Crippen molar-refractivity contribution in [3.05, 3.63) is 52.3 Å². The average molecular weight is 296 g/mol. The van der Waals surface area contributed by atoms with Crippen molar-refractivity contribution in [1.29, 1.82) is 0 Å². The maximum Gasteiger partial charge on any atom is 0.205 e. The molecule has 19 heavy (non-hydrogen) atoms. The van der Waals surface area contributed by atoms with Crippen molar-refractivity contribution in [3.63, 3.8) is 0 Å². The molecule has 0 unspecified atom stereocenters. The lowest BCUT2D eigenvalue weighted by Gasteiger charge is -2.06. The third-order valence-corrected chi connectivity index (χ3v) is 3.28. The molecule has 2 N–H and O–H groups in total. The first-order valence-electron chi connectivity index (χ1n) is 5.50. The molecule has 3 aromatic rings. The number of benzene rings is 2. The summed E-state index contributed by atoms with van der Waals surface area (Å²) in [6.07, 6.45) is 0. The van der Waals surface area contributed by atoms with Crippen molar-refractivity contribution < 1.29 is 4.39 Å². The number of aromatic amines is 1. The van der Waals surface area contributed by atoms with Crippen LogP contribution in [-0.2, 0) is 0 Å². The lowest BCUT2D eigenvalue weighted by molar-refractivity contribution is 0.629. The molecule has 0 radical (unpaired) electrons. The summed E-state index contributed by atoms with van der Waals surface area (Å²) in [7, 11) is 0. The van der Waals surface area contributed by atoms with E-state index in [1.165, 1.54) is 12.1 Å². The van der Waals surface area contributed by atoms with E-state index in [1.54, 1.807) is 24.3 Å². The van der Waals surface area contributed by atoms with E-state index in [4.69, 9.17) is 23.2 Å². The van der Waals surface area contributed by atoms with Crippen LogP contribution in [0.2, 0.25) is 10.0 Å². The van der Waals surface area contributed by atoms with E-state index in [0.717, 1.165) is 5.52 Å². The van der Waals surface area contributed by atoms with Crippen molar-refractivity contribution in [2.45, 2.75) is 0 Å². The molecule has 0 bridgehead atoms. The second kappa shape index (κ2) is 4.72. The molecule has 96 valence electrons. The third kappa shape index (κ3) is 2.37. The van der Waals surface area contributed by atoms with Gasteiger partial charge in [-0.3, -0.25) is 0 Å². The van der Waals surface area contributed by atoms with E-state index in [0.29, 0.717) is 27.2 Å². The van der Waals surface area contributed by atoms with Gasteiger partial charge in [-0.1, -0.05) is 29.3 Å². The number of nitrogens with one attached hydrogen (secondary N) is 2. The number of hydrogen-bond donors (Lipinski definition) is 2. The molecule has 1 heterocycles. The second-order valence-electron chi connectivity index (χ2n) is 3.97. The van der Waals surface area contributed by atoms with Gasteiger partial charge in [0.25, 0.3) is 0 Å². The summed E-state index contributed by atoms with van der Waals surface area (Å²) in [5.74, 6) is 0.122. The Kier molecular flexibility index (Phi) is 3.05. The molecule has 0 saturated heterocycles. The Balaban J connectivity index is 2.01. The molecule has 0 aliphatic rings. The van der Waals surface area contributed by atoms with Crippen LogP contribution in [0.3, 0.4) is 0 Å². The van der Waals surface area contributed by atoms with Crippen molar-refractivity contribution in [3.8, 4) is 0 Å². The first-order chi connectivity index (χ1) is 9.13. The van der Waals surface area contributed by atoms with Crippen LogP contribution in [0, 0.1) is 5.82 Å². The Morgan fingerprint density at radius 1 is 1.11 bits per heavy atom. The van der Waals surface area contributed by atoms with Gasteiger partial charge in [0.1, 0.15) is 5.82 Å². The lowest BCUT2D eigenvalue weighted by atomic mass is 10.3. The normalized spacial score (nSPS) is 10.9. The van der Waals surface area contributed by atoms with Crippen LogP contribution in [0.15, 0.2) is 36.4 Å². The first-order valence-corrected chi connectivity index (χ1v) is 6.25.